The van der Waals surface area contributed by atoms with Gasteiger partial charge < -0.3 is 10.2 Å². The molecular weight excluding hydrogens is 308 g/mol. The average Bonchev–Trinajstić information content (AvgIpc) is 2.57. The highest BCUT2D eigenvalue weighted by Gasteiger charge is 2.12. The number of phenolic OH excluding ortho intramolecular Hbond substituents is 2. The summed E-state index contributed by atoms with van der Waals surface area (Å²) >= 11 is 0. The largest absolute Gasteiger partial charge is 0.508 e. The van der Waals surface area contributed by atoms with Crippen LogP contribution in [0.15, 0.2) is 24.3 Å². The van der Waals surface area contributed by atoms with Crippen molar-refractivity contribution in [2.45, 2.75) is 72.6 Å². The van der Waals surface area contributed by atoms with Gasteiger partial charge in [-0.1, -0.05) is 38.8 Å². The number of rotatable bonds is 8. The Morgan fingerprint density at radius 3 is 2.04 bits per heavy atom. The van der Waals surface area contributed by atoms with Gasteiger partial charge in [0.2, 0.25) is 0 Å². The van der Waals surface area contributed by atoms with E-state index in [4.69, 9.17) is 0 Å². The van der Waals surface area contributed by atoms with Crippen molar-refractivity contribution in [2.75, 3.05) is 0 Å². The van der Waals surface area contributed by atoms with Crippen molar-refractivity contribution < 1.29 is 10.2 Å². The zero-order chi connectivity index (χ0) is 18.4. The number of unbranched alkanes of at least 4 members (excludes halogenated alkanes) is 2. The van der Waals surface area contributed by atoms with Crippen LogP contribution in [0.2, 0.25) is 0 Å². The molecule has 25 heavy (non-hydrogen) atoms. The number of phenols is 2. The van der Waals surface area contributed by atoms with E-state index in [1.807, 2.05) is 19.1 Å². The standard InChI is InChI=1S/C23H32O2/c1-5-7-9-19-15-21(24)12-16(3)22(19)14-18-11-17(4)23(25)20(13-18)10-8-6-2/h11-13,15,24-25H,5-10,14H2,1-4H3. The van der Waals surface area contributed by atoms with Gasteiger partial charge in [0.1, 0.15) is 11.5 Å². The summed E-state index contributed by atoms with van der Waals surface area (Å²) in [5.41, 5.74) is 6.97. The van der Waals surface area contributed by atoms with Crippen LogP contribution in [0, 0.1) is 13.8 Å². The predicted octanol–water partition coefficient (Wildman–Crippen LogP) is 5.99. The lowest BCUT2D eigenvalue weighted by atomic mass is 9.90. The van der Waals surface area contributed by atoms with Crippen molar-refractivity contribution >= 4 is 0 Å². The summed E-state index contributed by atoms with van der Waals surface area (Å²) in [5, 5.41) is 20.3. The fourth-order valence-corrected chi connectivity index (χ4v) is 3.51. The molecule has 136 valence electrons. The Hall–Kier alpha value is -1.96. The van der Waals surface area contributed by atoms with Crippen LogP contribution < -0.4 is 0 Å². The first-order valence-corrected chi connectivity index (χ1v) is 9.59. The highest BCUT2D eigenvalue weighted by molar-refractivity contribution is 5.48. The monoisotopic (exact) mass is 340 g/mol. The van der Waals surface area contributed by atoms with Gasteiger partial charge in [-0.3, -0.25) is 0 Å². The summed E-state index contributed by atoms with van der Waals surface area (Å²) in [6.45, 7) is 8.43. The highest BCUT2D eigenvalue weighted by atomic mass is 16.3. The summed E-state index contributed by atoms with van der Waals surface area (Å²) in [7, 11) is 0. The van der Waals surface area contributed by atoms with E-state index in [-0.39, 0.29) is 0 Å². The smallest absolute Gasteiger partial charge is 0.121 e. The Morgan fingerprint density at radius 2 is 1.40 bits per heavy atom. The molecule has 0 atom stereocenters. The molecule has 0 fully saturated rings. The summed E-state index contributed by atoms with van der Waals surface area (Å²) in [5.74, 6) is 0.809. The van der Waals surface area contributed by atoms with Crippen molar-refractivity contribution in [3.8, 4) is 11.5 Å². The van der Waals surface area contributed by atoms with E-state index in [1.165, 1.54) is 16.7 Å². The van der Waals surface area contributed by atoms with Gasteiger partial charge in [-0.2, -0.15) is 0 Å². The van der Waals surface area contributed by atoms with Crippen LogP contribution in [0.3, 0.4) is 0 Å². The van der Waals surface area contributed by atoms with Crippen LogP contribution in [-0.4, -0.2) is 10.2 Å². The molecule has 0 unspecified atom stereocenters. The van der Waals surface area contributed by atoms with Crippen LogP contribution in [-0.2, 0) is 19.3 Å². The zero-order valence-corrected chi connectivity index (χ0v) is 16.2. The molecule has 0 aromatic heterocycles. The summed E-state index contributed by atoms with van der Waals surface area (Å²) in [4.78, 5) is 0. The Morgan fingerprint density at radius 1 is 0.760 bits per heavy atom. The van der Waals surface area contributed by atoms with Crippen molar-refractivity contribution in [2.24, 2.45) is 0 Å². The third kappa shape index (κ3) is 5.01. The van der Waals surface area contributed by atoms with Gasteiger partial charge in [0.15, 0.2) is 0 Å². The van der Waals surface area contributed by atoms with Crippen molar-refractivity contribution in [1.29, 1.82) is 0 Å². The summed E-state index contributed by atoms with van der Waals surface area (Å²) < 4.78 is 0. The number of aryl methyl sites for hydroxylation is 4. The first kappa shape index (κ1) is 19.4. The topological polar surface area (TPSA) is 40.5 Å². The summed E-state index contributed by atoms with van der Waals surface area (Å²) in [6, 6.07) is 8.04. The molecule has 2 heteroatoms. The molecule has 2 aromatic rings. The third-order valence-corrected chi connectivity index (χ3v) is 4.97. The second kappa shape index (κ2) is 8.94. The van der Waals surface area contributed by atoms with Gasteiger partial charge in [-0.15, -0.1) is 0 Å². The molecule has 0 aliphatic rings. The number of hydrogen-bond acceptors (Lipinski definition) is 2. The van der Waals surface area contributed by atoms with Gasteiger partial charge in [-0.25, -0.2) is 0 Å². The van der Waals surface area contributed by atoms with Gasteiger partial charge in [0, 0.05) is 0 Å². The Kier molecular flexibility index (Phi) is 6.92. The molecule has 0 heterocycles. The van der Waals surface area contributed by atoms with Gasteiger partial charge in [-0.05, 0) is 91.5 Å². The maximum Gasteiger partial charge on any atom is 0.121 e. The maximum absolute atomic E-state index is 10.3. The fraction of sp³-hybridized carbons (Fsp3) is 0.478. The Labute approximate surface area is 152 Å². The molecule has 2 rings (SSSR count). The van der Waals surface area contributed by atoms with E-state index in [0.29, 0.717) is 11.5 Å². The zero-order valence-electron chi connectivity index (χ0n) is 16.2. The SMILES string of the molecule is CCCCc1cc(Cc2c(C)cc(O)cc2CCCC)cc(C)c1O. The van der Waals surface area contributed by atoms with Crippen LogP contribution in [0.4, 0.5) is 0 Å². The van der Waals surface area contributed by atoms with Crippen molar-refractivity contribution in [1.82, 2.24) is 0 Å². The minimum atomic E-state index is 0.359. The molecule has 2 aromatic carbocycles. The molecular formula is C23H32O2. The predicted molar refractivity (Wildman–Crippen MR) is 106 cm³/mol. The van der Waals surface area contributed by atoms with Crippen LogP contribution in [0.1, 0.15) is 72.9 Å². The van der Waals surface area contributed by atoms with E-state index in [1.54, 1.807) is 0 Å². The molecule has 0 amide bonds. The van der Waals surface area contributed by atoms with Crippen LogP contribution in [0.5, 0.6) is 11.5 Å². The molecule has 2 N–H and O–H groups in total. The maximum atomic E-state index is 10.3. The highest BCUT2D eigenvalue weighted by Crippen LogP contribution is 2.30. The number of benzene rings is 2. The van der Waals surface area contributed by atoms with Gasteiger partial charge in [0.25, 0.3) is 0 Å². The molecule has 0 aliphatic carbocycles. The molecule has 2 nitrogen and oxygen atoms in total. The molecule has 0 aliphatic heterocycles. The van der Waals surface area contributed by atoms with Gasteiger partial charge >= 0.3 is 0 Å². The van der Waals surface area contributed by atoms with E-state index in [9.17, 15) is 10.2 Å². The van der Waals surface area contributed by atoms with Crippen LogP contribution in [0.25, 0.3) is 0 Å². The van der Waals surface area contributed by atoms with E-state index in [0.717, 1.165) is 61.6 Å². The average molecular weight is 341 g/mol. The lowest BCUT2D eigenvalue weighted by Gasteiger charge is -2.16. The van der Waals surface area contributed by atoms with E-state index < -0.39 is 0 Å². The lowest BCUT2D eigenvalue weighted by Crippen LogP contribution is -2.01. The minimum absolute atomic E-state index is 0.359. The second-order valence-corrected chi connectivity index (χ2v) is 7.20. The Bertz CT molecular complexity index is 717. The first-order chi connectivity index (χ1) is 12.0. The summed E-state index contributed by atoms with van der Waals surface area (Å²) in [6.07, 6.45) is 7.28. The molecule has 0 saturated carbocycles. The first-order valence-electron chi connectivity index (χ1n) is 9.59. The van der Waals surface area contributed by atoms with E-state index in [2.05, 4.69) is 32.9 Å². The molecule has 0 spiro atoms. The number of aromatic hydroxyl groups is 2. The van der Waals surface area contributed by atoms with Crippen molar-refractivity contribution in [3.05, 3.63) is 57.6 Å². The molecule has 0 bridgehead atoms. The number of hydrogen-bond donors (Lipinski definition) is 2. The molecule has 0 radical (unpaired) electrons. The quantitative estimate of drug-likeness (QED) is 0.619. The van der Waals surface area contributed by atoms with Crippen molar-refractivity contribution in [3.63, 3.8) is 0 Å². The normalized spacial score (nSPS) is 11.0. The van der Waals surface area contributed by atoms with Crippen LogP contribution >= 0.6 is 0 Å². The second-order valence-electron chi connectivity index (χ2n) is 7.20. The third-order valence-electron chi connectivity index (χ3n) is 4.97. The minimum Gasteiger partial charge on any atom is -0.508 e. The lowest BCUT2D eigenvalue weighted by molar-refractivity contribution is 0.462. The van der Waals surface area contributed by atoms with E-state index >= 15 is 0 Å². The fourth-order valence-electron chi connectivity index (χ4n) is 3.51. The van der Waals surface area contributed by atoms with Gasteiger partial charge in [0.05, 0.1) is 0 Å². The Balaban J connectivity index is 2.37. The molecule has 0 saturated heterocycles.